The summed E-state index contributed by atoms with van der Waals surface area (Å²) < 4.78 is 5.23. The quantitative estimate of drug-likeness (QED) is 0.640. The lowest BCUT2D eigenvalue weighted by molar-refractivity contribution is -0.110. The standard InChI is InChI=1S/C11H12O2/c1-13-11-4-2-3-9-5-8(7-12)6-10(9)11/h2-4,7-8H,5-6H2,1H3. The van der Waals surface area contributed by atoms with Crippen LogP contribution in [0.3, 0.4) is 0 Å². The smallest absolute Gasteiger partial charge is 0.123 e. The molecule has 1 aromatic rings. The summed E-state index contributed by atoms with van der Waals surface area (Å²) in [4.78, 5) is 10.6. The lowest BCUT2D eigenvalue weighted by Crippen LogP contribution is -1.99. The third-order valence-electron chi connectivity index (χ3n) is 2.59. The third kappa shape index (κ3) is 1.32. The maximum atomic E-state index is 10.6. The molecule has 2 rings (SSSR count). The van der Waals surface area contributed by atoms with E-state index in [-0.39, 0.29) is 5.92 Å². The van der Waals surface area contributed by atoms with Gasteiger partial charge in [-0.15, -0.1) is 0 Å². The van der Waals surface area contributed by atoms with Crippen molar-refractivity contribution in [3.8, 4) is 5.75 Å². The molecule has 0 fully saturated rings. The van der Waals surface area contributed by atoms with E-state index in [1.54, 1.807) is 7.11 Å². The van der Waals surface area contributed by atoms with Crippen LogP contribution in [0.25, 0.3) is 0 Å². The van der Waals surface area contributed by atoms with Crippen LogP contribution in [0, 0.1) is 5.92 Å². The van der Waals surface area contributed by atoms with E-state index < -0.39 is 0 Å². The molecule has 2 nitrogen and oxygen atoms in total. The molecule has 1 aromatic carbocycles. The first kappa shape index (κ1) is 8.30. The predicted octanol–water partition coefficient (Wildman–Crippen LogP) is 1.61. The lowest BCUT2D eigenvalue weighted by Gasteiger charge is -2.05. The minimum absolute atomic E-state index is 0.159. The maximum Gasteiger partial charge on any atom is 0.123 e. The van der Waals surface area contributed by atoms with Crippen molar-refractivity contribution < 1.29 is 9.53 Å². The van der Waals surface area contributed by atoms with Crippen LogP contribution < -0.4 is 4.74 Å². The first-order chi connectivity index (χ1) is 6.35. The second-order valence-electron chi connectivity index (χ2n) is 3.40. The summed E-state index contributed by atoms with van der Waals surface area (Å²) in [6, 6.07) is 6.00. The fourth-order valence-corrected chi connectivity index (χ4v) is 1.94. The molecule has 0 aliphatic heterocycles. The van der Waals surface area contributed by atoms with E-state index in [0.29, 0.717) is 0 Å². The van der Waals surface area contributed by atoms with E-state index in [0.717, 1.165) is 24.9 Å². The van der Waals surface area contributed by atoms with Gasteiger partial charge < -0.3 is 9.53 Å². The molecule has 0 saturated carbocycles. The molecule has 0 bridgehead atoms. The number of rotatable bonds is 2. The number of hydrogen-bond acceptors (Lipinski definition) is 2. The fraction of sp³-hybridized carbons (Fsp3) is 0.364. The zero-order chi connectivity index (χ0) is 9.26. The van der Waals surface area contributed by atoms with Crippen LogP contribution in [0.15, 0.2) is 18.2 Å². The van der Waals surface area contributed by atoms with E-state index in [9.17, 15) is 4.79 Å². The third-order valence-corrected chi connectivity index (χ3v) is 2.59. The molecule has 0 amide bonds. The van der Waals surface area contributed by atoms with Crippen LogP contribution in [0.5, 0.6) is 5.75 Å². The molecule has 0 spiro atoms. The Morgan fingerprint density at radius 3 is 3.00 bits per heavy atom. The van der Waals surface area contributed by atoms with Gasteiger partial charge in [0.15, 0.2) is 0 Å². The molecule has 1 aliphatic rings. The van der Waals surface area contributed by atoms with Crippen LogP contribution in [0.4, 0.5) is 0 Å². The van der Waals surface area contributed by atoms with Crippen molar-refractivity contribution in [1.29, 1.82) is 0 Å². The minimum atomic E-state index is 0.159. The maximum absolute atomic E-state index is 10.6. The summed E-state index contributed by atoms with van der Waals surface area (Å²) in [5.74, 6) is 1.08. The summed E-state index contributed by atoms with van der Waals surface area (Å²) >= 11 is 0. The SMILES string of the molecule is COc1cccc2c1CC(C=O)C2. The van der Waals surface area contributed by atoms with Crippen molar-refractivity contribution in [2.45, 2.75) is 12.8 Å². The van der Waals surface area contributed by atoms with Crippen LogP contribution >= 0.6 is 0 Å². The number of ether oxygens (including phenoxy) is 1. The minimum Gasteiger partial charge on any atom is -0.496 e. The Morgan fingerprint density at radius 2 is 2.31 bits per heavy atom. The number of methoxy groups -OCH3 is 1. The summed E-state index contributed by atoms with van der Waals surface area (Å²) in [5, 5.41) is 0. The number of carbonyl (C=O) groups excluding carboxylic acids is 1. The van der Waals surface area contributed by atoms with Crippen LogP contribution in [0.1, 0.15) is 11.1 Å². The fourth-order valence-electron chi connectivity index (χ4n) is 1.94. The number of benzene rings is 1. The topological polar surface area (TPSA) is 26.3 Å². The highest BCUT2D eigenvalue weighted by Crippen LogP contribution is 2.32. The second kappa shape index (κ2) is 3.21. The van der Waals surface area contributed by atoms with Crippen molar-refractivity contribution in [2.75, 3.05) is 7.11 Å². The molecule has 1 atom stereocenters. The summed E-state index contributed by atoms with van der Waals surface area (Å²) in [7, 11) is 1.67. The predicted molar refractivity (Wildman–Crippen MR) is 50.0 cm³/mol. The molecule has 13 heavy (non-hydrogen) atoms. The van der Waals surface area contributed by atoms with Gasteiger partial charge in [0.2, 0.25) is 0 Å². The highest BCUT2D eigenvalue weighted by molar-refractivity contribution is 5.60. The second-order valence-corrected chi connectivity index (χ2v) is 3.40. The number of carbonyl (C=O) groups is 1. The Balaban J connectivity index is 2.38. The Labute approximate surface area is 77.5 Å². The van der Waals surface area contributed by atoms with E-state index in [2.05, 4.69) is 6.07 Å². The first-order valence-electron chi connectivity index (χ1n) is 4.45. The van der Waals surface area contributed by atoms with Gasteiger partial charge >= 0.3 is 0 Å². The van der Waals surface area contributed by atoms with Crippen LogP contribution in [0.2, 0.25) is 0 Å². The molecule has 2 heteroatoms. The van der Waals surface area contributed by atoms with Crippen molar-refractivity contribution >= 4 is 6.29 Å². The molecular formula is C11H12O2. The molecular weight excluding hydrogens is 164 g/mol. The molecule has 0 heterocycles. The first-order valence-corrected chi connectivity index (χ1v) is 4.45. The van der Waals surface area contributed by atoms with Gasteiger partial charge in [0.05, 0.1) is 7.11 Å². The molecule has 0 aromatic heterocycles. The van der Waals surface area contributed by atoms with E-state index >= 15 is 0 Å². The average molecular weight is 176 g/mol. The molecule has 0 N–H and O–H groups in total. The Kier molecular flexibility index (Phi) is 2.05. The van der Waals surface area contributed by atoms with Gasteiger partial charge in [-0.25, -0.2) is 0 Å². The average Bonchev–Trinajstić information content (AvgIpc) is 2.59. The van der Waals surface area contributed by atoms with Gasteiger partial charge in [-0.2, -0.15) is 0 Å². The van der Waals surface area contributed by atoms with Crippen molar-refractivity contribution in [2.24, 2.45) is 5.92 Å². The normalized spacial score (nSPS) is 19.6. The van der Waals surface area contributed by atoms with Gasteiger partial charge in [-0.05, 0) is 30.0 Å². The largest absolute Gasteiger partial charge is 0.496 e. The van der Waals surface area contributed by atoms with E-state index in [1.165, 1.54) is 11.1 Å². The highest BCUT2D eigenvalue weighted by Gasteiger charge is 2.23. The Bertz CT molecular complexity index is 331. The van der Waals surface area contributed by atoms with Gasteiger partial charge in [0.25, 0.3) is 0 Å². The van der Waals surface area contributed by atoms with Gasteiger partial charge in [0, 0.05) is 5.92 Å². The summed E-state index contributed by atoms with van der Waals surface area (Å²) in [6.07, 6.45) is 2.75. The molecule has 68 valence electrons. The molecule has 1 aliphatic carbocycles. The number of fused-ring (bicyclic) bond motifs is 1. The Hall–Kier alpha value is -1.31. The monoisotopic (exact) mass is 176 g/mol. The van der Waals surface area contributed by atoms with Crippen molar-refractivity contribution in [3.63, 3.8) is 0 Å². The van der Waals surface area contributed by atoms with Gasteiger partial charge in [-0.1, -0.05) is 12.1 Å². The zero-order valence-corrected chi connectivity index (χ0v) is 7.62. The summed E-state index contributed by atoms with van der Waals surface area (Å²) in [6.45, 7) is 0. The number of aldehydes is 1. The Morgan fingerprint density at radius 1 is 1.46 bits per heavy atom. The van der Waals surface area contributed by atoms with Gasteiger partial charge in [0.1, 0.15) is 12.0 Å². The lowest BCUT2D eigenvalue weighted by atomic mass is 10.1. The van der Waals surface area contributed by atoms with Crippen LogP contribution in [-0.4, -0.2) is 13.4 Å². The van der Waals surface area contributed by atoms with Crippen molar-refractivity contribution in [3.05, 3.63) is 29.3 Å². The highest BCUT2D eigenvalue weighted by atomic mass is 16.5. The molecule has 0 radical (unpaired) electrons. The van der Waals surface area contributed by atoms with Crippen LogP contribution in [-0.2, 0) is 17.6 Å². The zero-order valence-electron chi connectivity index (χ0n) is 7.62. The van der Waals surface area contributed by atoms with E-state index in [1.807, 2.05) is 12.1 Å². The van der Waals surface area contributed by atoms with Crippen molar-refractivity contribution in [1.82, 2.24) is 0 Å². The summed E-state index contributed by atoms with van der Waals surface area (Å²) in [5.41, 5.74) is 2.47. The van der Waals surface area contributed by atoms with E-state index in [4.69, 9.17) is 4.74 Å². The van der Waals surface area contributed by atoms with Gasteiger partial charge in [-0.3, -0.25) is 0 Å². The molecule has 0 saturated heterocycles. The number of hydrogen-bond donors (Lipinski definition) is 0. The molecule has 1 unspecified atom stereocenters.